The lowest BCUT2D eigenvalue weighted by Gasteiger charge is -2.19. The highest BCUT2D eigenvalue weighted by Gasteiger charge is 2.22. The molecule has 0 atom stereocenters. The highest BCUT2D eigenvalue weighted by atomic mass is 19.1. The van der Waals surface area contributed by atoms with Crippen molar-refractivity contribution < 1.29 is 23.5 Å². The lowest BCUT2D eigenvalue weighted by Crippen LogP contribution is -2.33. The molecule has 0 radical (unpaired) electrons. The van der Waals surface area contributed by atoms with Crippen molar-refractivity contribution >= 4 is 12.1 Å². The van der Waals surface area contributed by atoms with Crippen LogP contribution in [0.4, 0.5) is 9.18 Å². The Labute approximate surface area is 134 Å². The van der Waals surface area contributed by atoms with Crippen LogP contribution < -0.4 is 5.32 Å². The number of hydrogen-bond acceptors (Lipinski definition) is 6. The second kappa shape index (κ2) is 8.44. The second-order valence-electron chi connectivity index (χ2n) is 5.73. The average Bonchev–Trinajstić information content (AvgIpc) is 2.84. The van der Waals surface area contributed by atoms with Gasteiger partial charge in [0.15, 0.2) is 5.69 Å². The standard InChI is InChI=1S/C14H23FN4O4/c1-5-22-12(20)11-10(19(18-17-11)8-6-7-15)9-16-13(21)23-14(2,3)4/h5-9H2,1-4H3,(H,16,21). The zero-order valence-corrected chi connectivity index (χ0v) is 13.9. The molecule has 0 aliphatic rings. The highest BCUT2D eigenvalue weighted by Crippen LogP contribution is 2.10. The number of ether oxygens (including phenoxy) is 2. The maximum absolute atomic E-state index is 12.4. The van der Waals surface area contributed by atoms with E-state index in [1.807, 2.05) is 0 Å². The first kappa shape index (κ1) is 18.9. The van der Waals surface area contributed by atoms with E-state index < -0.39 is 24.3 Å². The Balaban J connectivity index is 2.85. The molecule has 1 amide bonds. The van der Waals surface area contributed by atoms with Crippen LogP contribution >= 0.6 is 0 Å². The normalized spacial score (nSPS) is 11.2. The van der Waals surface area contributed by atoms with Gasteiger partial charge in [-0.3, -0.25) is 4.39 Å². The minimum Gasteiger partial charge on any atom is -0.461 e. The Morgan fingerprint density at radius 3 is 2.61 bits per heavy atom. The summed E-state index contributed by atoms with van der Waals surface area (Å²) in [5, 5.41) is 10.1. The SMILES string of the molecule is CCOC(=O)c1nnn(CCCF)c1CNC(=O)OC(C)(C)C. The summed E-state index contributed by atoms with van der Waals surface area (Å²) in [5.41, 5.74) is -0.287. The number of hydrogen-bond donors (Lipinski definition) is 1. The van der Waals surface area contributed by atoms with Crippen molar-refractivity contribution in [1.29, 1.82) is 0 Å². The van der Waals surface area contributed by atoms with Gasteiger partial charge < -0.3 is 14.8 Å². The van der Waals surface area contributed by atoms with E-state index in [2.05, 4.69) is 15.6 Å². The molecule has 0 bridgehead atoms. The van der Waals surface area contributed by atoms with Crippen LogP contribution in [0, 0.1) is 0 Å². The van der Waals surface area contributed by atoms with Crippen molar-refractivity contribution in [3.63, 3.8) is 0 Å². The van der Waals surface area contributed by atoms with Gasteiger partial charge in [-0.1, -0.05) is 5.21 Å². The highest BCUT2D eigenvalue weighted by molar-refractivity contribution is 5.88. The van der Waals surface area contributed by atoms with E-state index in [0.717, 1.165) is 0 Å². The van der Waals surface area contributed by atoms with E-state index in [0.29, 0.717) is 5.69 Å². The summed E-state index contributed by atoms with van der Waals surface area (Å²) in [7, 11) is 0. The molecule has 130 valence electrons. The second-order valence-corrected chi connectivity index (χ2v) is 5.73. The van der Waals surface area contributed by atoms with Crippen molar-refractivity contribution in [3.8, 4) is 0 Å². The third-order valence-corrected chi connectivity index (χ3v) is 2.61. The maximum Gasteiger partial charge on any atom is 0.407 e. The minimum absolute atomic E-state index is 0.00164. The molecule has 23 heavy (non-hydrogen) atoms. The lowest BCUT2D eigenvalue weighted by molar-refractivity contribution is 0.0497. The van der Waals surface area contributed by atoms with Crippen LogP contribution in [-0.4, -0.2) is 45.9 Å². The van der Waals surface area contributed by atoms with E-state index in [1.165, 1.54) is 4.68 Å². The Morgan fingerprint density at radius 1 is 1.35 bits per heavy atom. The van der Waals surface area contributed by atoms with E-state index in [-0.39, 0.29) is 31.8 Å². The first-order valence-corrected chi connectivity index (χ1v) is 7.40. The van der Waals surface area contributed by atoms with Crippen LogP contribution in [0.3, 0.4) is 0 Å². The Kier molecular flexibility index (Phi) is 6.92. The molecular formula is C14H23FN4O4. The fourth-order valence-corrected chi connectivity index (χ4v) is 1.72. The Bertz CT molecular complexity index is 539. The van der Waals surface area contributed by atoms with Crippen LogP contribution in [-0.2, 0) is 22.6 Å². The number of halogens is 1. The molecule has 0 aromatic carbocycles. The molecule has 0 spiro atoms. The third-order valence-electron chi connectivity index (χ3n) is 2.61. The van der Waals surface area contributed by atoms with Crippen molar-refractivity contribution in [2.75, 3.05) is 13.3 Å². The molecule has 0 aliphatic carbocycles. The van der Waals surface area contributed by atoms with E-state index in [4.69, 9.17) is 9.47 Å². The summed E-state index contributed by atoms with van der Waals surface area (Å²) in [6, 6.07) is 0. The molecule has 8 nitrogen and oxygen atoms in total. The largest absolute Gasteiger partial charge is 0.461 e. The summed E-state index contributed by atoms with van der Waals surface area (Å²) in [4.78, 5) is 23.6. The quantitative estimate of drug-likeness (QED) is 0.767. The van der Waals surface area contributed by atoms with Crippen LogP contribution in [0.15, 0.2) is 0 Å². The smallest absolute Gasteiger partial charge is 0.407 e. The van der Waals surface area contributed by atoms with Crippen LogP contribution in [0.2, 0.25) is 0 Å². The van der Waals surface area contributed by atoms with E-state index in [1.54, 1.807) is 27.7 Å². The average molecular weight is 330 g/mol. The first-order chi connectivity index (χ1) is 10.8. The maximum atomic E-state index is 12.4. The van der Waals surface area contributed by atoms with Gasteiger partial charge in [0.1, 0.15) is 5.60 Å². The summed E-state index contributed by atoms with van der Waals surface area (Å²) in [6.45, 7) is 6.78. The molecule has 1 N–H and O–H groups in total. The van der Waals surface area contributed by atoms with E-state index in [9.17, 15) is 14.0 Å². The molecule has 1 rings (SSSR count). The van der Waals surface area contributed by atoms with Gasteiger partial charge in [-0.15, -0.1) is 5.10 Å². The van der Waals surface area contributed by atoms with E-state index >= 15 is 0 Å². The Hall–Kier alpha value is -2.19. The van der Waals surface area contributed by atoms with Crippen molar-refractivity contribution in [2.24, 2.45) is 0 Å². The van der Waals surface area contributed by atoms with Gasteiger partial charge in [-0.2, -0.15) is 0 Å². The summed E-state index contributed by atoms with van der Waals surface area (Å²) in [6.07, 6.45) is -0.407. The van der Waals surface area contributed by atoms with Crippen LogP contribution in [0.5, 0.6) is 0 Å². The number of carbonyl (C=O) groups is 2. The van der Waals surface area contributed by atoms with Crippen LogP contribution in [0.1, 0.15) is 50.3 Å². The number of nitrogens with one attached hydrogen (secondary N) is 1. The molecule has 0 fully saturated rings. The van der Waals surface area contributed by atoms with Gasteiger partial charge in [-0.25, -0.2) is 14.3 Å². The number of nitrogens with zero attached hydrogens (tertiary/aromatic N) is 3. The molecule has 1 heterocycles. The molecule has 1 aromatic heterocycles. The summed E-state index contributed by atoms with van der Waals surface area (Å²) < 4.78 is 23.8. The van der Waals surface area contributed by atoms with Crippen molar-refractivity contribution in [2.45, 2.75) is 52.8 Å². The third kappa shape index (κ3) is 6.21. The number of amides is 1. The number of alkyl halides is 1. The number of aryl methyl sites for hydroxylation is 1. The number of esters is 1. The zero-order chi connectivity index (χ0) is 17.5. The molecule has 0 aliphatic heterocycles. The number of rotatable bonds is 7. The molecular weight excluding hydrogens is 307 g/mol. The summed E-state index contributed by atoms with van der Waals surface area (Å²) >= 11 is 0. The van der Waals surface area contributed by atoms with Crippen LogP contribution in [0.25, 0.3) is 0 Å². The van der Waals surface area contributed by atoms with Crippen molar-refractivity contribution in [3.05, 3.63) is 11.4 Å². The van der Waals surface area contributed by atoms with Gasteiger partial charge >= 0.3 is 12.1 Å². The molecule has 0 saturated carbocycles. The molecule has 0 unspecified atom stereocenters. The number of alkyl carbamates (subject to hydrolysis) is 1. The van der Waals surface area contributed by atoms with Gasteiger partial charge in [-0.05, 0) is 34.1 Å². The monoisotopic (exact) mass is 330 g/mol. The fourth-order valence-electron chi connectivity index (χ4n) is 1.72. The van der Waals surface area contributed by atoms with Gasteiger partial charge in [0.05, 0.1) is 25.5 Å². The topological polar surface area (TPSA) is 95.3 Å². The molecule has 0 saturated heterocycles. The zero-order valence-electron chi connectivity index (χ0n) is 13.9. The fraction of sp³-hybridized carbons (Fsp3) is 0.714. The molecule has 9 heteroatoms. The molecule has 1 aromatic rings. The number of aromatic nitrogens is 3. The summed E-state index contributed by atoms with van der Waals surface area (Å²) in [5.74, 6) is -0.639. The predicted octanol–water partition coefficient (Wildman–Crippen LogP) is 1.84. The van der Waals surface area contributed by atoms with Gasteiger partial charge in [0.2, 0.25) is 0 Å². The van der Waals surface area contributed by atoms with Gasteiger partial charge in [0, 0.05) is 6.54 Å². The van der Waals surface area contributed by atoms with Gasteiger partial charge in [0.25, 0.3) is 0 Å². The predicted molar refractivity (Wildman–Crippen MR) is 79.6 cm³/mol. The van der Waals surface area contributed by atoms with Crippen molar-refractivity contribution in [1.82, 2.24) is 20.3 Å². The lowest BCUT2D eigenvalue weighted by atomic mass is 10.2. The Morgan fingerprint density at radius 2 is 2.04 bits per heavy atom. The number of carbonyl (C=O) groups excluding carboxylic acids is 2. The minimum atomic E-state index is -0.639. The first-order valence-electron chi connectivity index (χ1n) is 7.40.